The van der Waals surface area contributed by atoms with E-state index in [1.54, 1.807) is 24.3 Å². The molecule has 0 radical (unpaired) electrons. The van der Waals surface area contributed by atoms with E-state index in [9.17, 15) is 4.79 Å². The Morgan fingerprint density at radius 2 is 2.00 bits per heavy atom. The van der Waals surface area contributed by atoms with Crippen LogP contribution in [0.3, 0.4) is 0 Å². The third-order valence-electron chi connectivity index (χ3n) is 2.98. The van der Waals surface area contributed by atoms with Gasteiger partial charge in [-0.15, -0.1) is 0 Å². The minimum Gasteiger partial charge on any atom is -0.390 e. The van der Waals surface area contributed by atoms with Crippen LogP contribution < -0.4 is 5.32 Å². The predicted molar refractivity (Wildman–Crippen MR) is 74.0 cm³/mol. The number of carbonyl (C=O) groups excluding carboxylic acids is 1. The number of carbonyl (C=O) groups is 1. The highest BCUT2D eigenvalue weighted by molar-refractivity contribution is 6.03. The van der Waals surface area contributed by atoms with Crippen LogP contribution in [-0.4, -0.2) is 16.0 Å². The lowest BCUT2D eigenvalue weighted by atomic mass is 10.1. The number of benzene rings is 1. The Morgan fingerprint density at radius 3 is 2.68 bits per heavy atom. The van der Waals surface area contributed by atoms with Crippen molar-refractivity contribution >= 4 is 11.7 Å². The summed E-state index contributed by atoms with van der Waals surface area (Å²) >= 11 is 0. The van der Waals surface area contributed by atoms with Gasteiger partial charge >= 0.3 is 0 Å². The molecule has 2 rings (SSSR count). The maximum absolute atomic E-state index is 12.1. The van der Waals surface area contributed by atoms with Crippen molar-refractivity contribution in [3.63, 3.8) is 0 Å². The number of aliphatic hydroxyl groups excluding tert-OH is 1. The van der Waals surface area contributed by atoms with Crippen molar-refractivity contribution in [3.8, 4) is 0 Å². The van der Waals surface area contributed by atoms with Crippen LogP contribution in [0, 0.1) is 13.8 Å². The zero-order valence-corrected chi connectivity index (χ0v) is 11.0. The lowest BCUT2D eigenvalue weighted by Crippen LogP contribution is -2.13. The van der Waals surface area contributed by atoms with Crippen molar-refractivity contribution in [1.82, 2.24) is 4.98 Å². The first kappa shape index (κ1) is 13.2. The van der Waals surface area contributed by atoms with Gasteiger partial charge in [0.25, 0.3) is 5.91 Å². The van der Waals surface area contributed by atoms with Gasteiger partial charge in [-0.3, -0.25) is 4.79 Å². The molecule has 98 valence electrons. The molecule has 1 aromatic heterocycles. The van der Waals surface area contributed by atoms with Gasteiger partial charge in [0.1, 0.15) is 5.82 Å². The molecule has 0 aliphatic rings. The molecule has 4 heteroatoms. The Kier molecular flexibility index (Phi) is 3.92. The third kappa shape index (κ3) is 3.17. The molecule has 0 bridgehead atoms. The lowest BCUT2D eigenvalue weighted by Gasteiger charge is -2.07. The molecule has 1 aromatic carbocycles. The largest absolute Gasteiger partial charge is 0.390 e. The number of hydrogen-bond acceptors (Lipinski definition) is 3. The maximum atomic E-state index is 12.1. The summed E-state index contributed by atoms with van der Waals surface area (Å²) < 4.78 is 0. The third-order valence-corrected chi connectivity index (χ3v) is 2.98. The van der Waals surface area contributed by atoms with Crippen molar-refractivity contribution in [2.75, 3.05) is 5.32 Å². The molecule has 0 fully saturated rings. The fourth-order valence-corrected chi connectivity index (χ4v) is 1.71. The van der Waals surface area contributed by atoms with E-state index in [2.05, 4.69) is 10.3 Å². The molecule has 0 aliphatic carbocycles. The molecule has 0 unspecified atom stereocenters. The minimum absolute atomic E-state index is 0.145. The van der Waals surface area contributed by atoms with Gasteiger partial charge in [-0.1, -0.05) is 12.1 Å². The second-order valence-electron chi connectivity index (χ2n) is 4.43. The average Bonchev–Trinajstić information content (AvgIpc) is 2.42. The summed E-state index contributed by atoms with van der Waals surface area (Å²) in [7, 11) is 0. The van der Waals surface area contributed by atoms with Crippen LogP contribution in [0.25, 0.3) is 0 Å². The molecular weight excluding hydrogens is 240 g/mol. The smallest absolute Gasteiger partial charge is 0.256 e. The number of aryl methyl sites for hydroxylation is 2. The Morgan fingerprint density at radius 1 is 1.21 bits per heavy atom. The highest BCUT2D eigenvalue weighted by Crippen LogP contribution is 2.12. The number of rotatable bonds is 3. The average molecular weight is 256 g/mol. The summed E-state index contributed by atoms with van der Waals surface area (Å²) in [6.07, 6.45) is 0. The number of aromatic nitrogens is 1. The standard InChI is InChI=1S/C15H16N2O2/c1-10-6-7-12(8-11(10)2)15(19)17-14-5-3-4-13(9-18)16-14/h3-8,18H,9H2,1-2H3,(H,16,17,19). The summed E-state index contributed by atoms with van der Waals surface area (Å²) in [5.74, 6) is 0.237. The SMILES string of the molecule is Cc1ccc(C(=O)Nc2cccc(CO)n2)cc1C. The molecule has 1 amide bonds. The monoisotopic (exact) mass is 256 g/mol. The minimum atomic E-state index is -0.203. The van der Waals surface area contributed by atoms with Gasteiger partial charge in [-0.25, -0.2) is 4.98 Å². The first-order valence-corrected chi connectivity index (χ1v) is 6.05. The Hall–Kier alpha value is -2.20. The Balaban J connectivity index is 2.18. The van der Waals surface area contributed by atoms with Crippen molar-refractivity contribution in [2.24, 2.45) is 0 Å². The van der Waals surface area contributed by atoms with E-state index in [-0.39, 0.29) is 12.5 Å². The molecule has 1 heterocycles. The number of pyridine rings is 1. The fourth-order valence-electron chi connectivity index (χ4n) is 1.71. The molecule has 0 atom stereocenters. The quantitative estimate of drug-likeness (QED) is 0.886. The van der Waals surface area contributed by atoms with Crippen molar-refractivity contribution < 1.29 is 9.90 Å². The molecule has 4 nitrogen and oxygen atoms in total. The fraction of sp³-hybridized carbons (Fsp3) is 0.200. The summed E-state index contributed by atoms with van der Waals surface area (Å²) in [5.41, 5.74) is 3.35. The molecule has 0 saturated carbocycles. The molecule has 0 aliphatic heterocycles. The molecule has 2 aromatic rings. The molecular formula is C15H16N2O2. The van der Waals surface area contributed by atoms with Gasteiger partial charge in [-0.05, 0) is 49.2 Å². The van der Waals surface area contributed by atoms with E-state index in [1.165, 1.54) is 0 Å². The van der Waals surface area contributed by atoms with E-state index in [1.807, 2.05) is 26.0 Å². The molecule has 19 heavy (non-hydrogen) atoms. The second-order valence-corrected chi connectivity index (χ2v) is 4.43. The van der Waals surface area contributed by atoms with Gasteiger partial charge in [-0.2, -0.15) is 0 Å². The first-order valence-electron chi connectivity index (χ1n) is 6.05. The van der Waals surface area contributed by atoms with Gasteiger partial charge < -0.3 is 10.4 Å². The van der Waals surface area contributed by atoms with Crippen LogP contribution in [0.5, 0.6) is 0 Å². The summed E-state index contributed by atoms with van der Waals surface area (Å²) in [5, 5.41) is 11.7. The summed E-state index contributed by atoms with van der Waals surface area (Å²) in [6, 6.07) is 10.7. The van der Waals surface area contributed by atoms with Crippen LogP contribution >= 0.6 is 0 Å². The summed E-state index contributed by atoms with van der Waals surface area (Å²) in [6.45, 7) is 3.83. The van der Waals surface area contributed by atoms with Gasteiger partial charge in [0.2, 0.25) is 0 Å². The molecule has 2 N–H and O–H groups in total. The van der Waals surface area contributed by atoms with Gasteiger partial charge in [0.05, 0.1) is 12.3 Å². The maximum Gasteiger partial charge on any atom is 0.256 e. The van der Waals surface area contributed by atoms with Crippen LogP contribution in [-0.2, 0) is 6.61 Å². The molecule has 0 saturated heterocycles. The van der Waals surface area contributed by atoms with Crippen LogP contribution in [0.1, 0.15) is 27.2 Å². The number of nitrogens with zero attached hydrogens (tertiary/aromatic N) is 1. The molecule has 0 spiro atoms. The number of hydrogen-bond donors (Lipinski definition) is 2. The summed E-state index contributed by atoms with van der Waals surface area (Å²) in [4.78, 5) is 16.2. The predicted octanol–water partition coefficient (Wildman–Crippen LogP) is 2.44. The van der Waals surface area contributed by atoms with Crippen molar-refractivity contribution in [3.05, 3.63) is 58.8 Å². The zero-order valence-electron chi connectivity index (χ0n) is 11.0. The number of nitrogens with one attached hydrogen (secondary N) is 1. The first-order chi connectivity index (χ1) is 9.10. The number of amides is 1. The highest BCUT2D eigenvalue weighted by Gasteiger charge is 2.08. The van der Waals surface area contributed by atoms with E-state index < -0.39 is 0 Å². The van der Waals surface area contributed by atoms with Crippen LogP contribution in [0.15, 0.2) is 36.4 Å². The number of aliphatic hydroxyl groups is 1. The van der Waals surface area contributed by atoms with E-state index in [4.69, 9.17) is 5.11 Å². The highest BCUT2D eigenvalue weighted by atomic mass is 16.3. The van der Waals surface area contributed by atoms with Crippen LogP contribution in [0.4, 0.5) is 5.82 Å². The van der Waals surface area contributed by atoms with E-state index in [0.29, 0.717) is 17.1 Å². The van der Waals surface area contributed by atoms with Crippen molar-refractivity contribution in [1.29, 1.82) is 0 Å². The van der Waals surface area contributed by atoms with Gasteiger partial charge in [0, 0.05) is 5.56 Å². The number of anilines is 1. The topological polar surface area (TPSA) is 62.2 Å². The Bertz CT molecular complexity index is 609. The van der Waals surface area contributed by atoms with Gasteiger partial charge in [0.15, 0.2) is 0 Å². The van der Waals surface area contributed by atoms with E-state index in [0.717, 1.165) is 11.1 Å². The zero-order chi connectivity index (χ0) is 13.8. The van der Waals surface area contributed by atoms with E-state index >= 15 is 0 Å². The lowest BCUT2D eigenvalue weighted by molar-refractivity contribution is 0.102. The second kappa shape index (κ2) is 5.63. The van der Waals surface area contributed by atoms with Crippen LogP contribution in [0.2, 0.25) is 0 Å². The van der Waals surface area contributed by atoms with Crippen molar-refractivity contribution in [2.45, 2.75) is 20.5 Å². The Labute approximate surface area is 112 Å². The normalized spacial score (nSPS) is 10.3.